The largest absolute Gasteiger partial charge is 0.373 e. The van der Waals surface area contributed by atoms with Crippen LogP contribution in [-0.4, -0.2) is 18.8 Å². The molecular weight excluding hydrogens is 241 g/mol. The van der Waals surface area contributed by atoms with Gasteiger partial charge in [0.25, 0.3) is 0 Å². The van der Waals surface area contributed by atoms with Crippen molar-refractivity contribution >= 4 is 0 Å². The van der Waals surface area contributed by atoms with Crippen LogP contribution in [0.2, 0.25) is 0 Å². The Balaban J connectivity index is 2.44. The molecule has 2 unspecified atom stereocenters. The molecule has 2 nitrogen and oxygen atoms in total. The van der Waals surface area contributed by atoms with Gasteiger partial charge in [0, 0.05) is 12.2 Å². The second-order valence-electron chi connectivity index (χ2n) is 5.73. The molecule has 1 aromatic carbocycles. The molecule has 2 atom stereocenters. The summed E-state index contributed by atoms with van der Waals surface area (Å²) >= 11 is 0. The minimum Gasteiger partial charge on any atom is -0.373 e. The third-order valence-electron chi connectivity index (χ3n) is 4.04. The van der Waals surface area contributed by atoms with Crippen LogP contribution in [0.15, 0.2) is 12.1 Å². The van der Waals surface area contributed by atoms with Gasteiger partial charge in [-0.2, -0.15) is 0 Å². The lowest BCUT2D eigenvalue weighted by Crippen LogP contribution is -2.42. The standard InChI is InChI=1S/C16H24FNO/c1-5-18-15(16(4)7-6-8-19-16)14-12(3)9-11(2)10-13(14)17/h9-10,15,18H,5-8H2,1-4H3. The molecule has 0 amide bonds. The maximum atomic E-state index is 14.4. The van der Waals surface area contributed by atoms with E-state index in [9.17, 15) is 4.39 Å². The topological polar surface area (TPSA) is 21.3 Å². The monoisotopic (exact) mass is 265 g/mol. The maximum absolute atomic E-state index is 14.4. The van der Waals surface area contributed by atoms with Crippen molar-refractivity contribution in [1.82, 2.24) is 5.32 Å². The fraction of sp³-hybridized carbons (Fsp3) is 0.625. The van der Waals surface area contributed by atoms with E-state index in [0.717, 1.165) is 42.7 Å². The van der Waals surface area contributed by atoms with E-state index in [0.29, 0.717) is 0 Å². The highest BCUT2D eigenvalue weighted by atomic mass is 19.1. The molecule has 1 heterocycles. The van der Waals surface area contributed by atoms with Gasteiger partial charge >= 0.3 is 0 Å². The highest BCUT2D eigenvalue weighted by molar-refractivity contribution is 5.36. The Kier molecular flexibility index (Phi) is 4.26. The number of halogens is 1. The van der Waals surface area contributed by atoms with Crippen LogP contribution in [-0.2, 0) is 4.74 Å². The van der Waals surface area contributed by atoms with E-state index in [1.54, 1.807) is 6.07 Å². The zero-order chi connectivity index (χ0) is 14.0. The summed E-state index contributed by atoms with van der Waals surface area (Å²) in [6.45, 7) is 9.62. The smallest absolute Gasteiger partial charge is 0.128 e. The van der Waals surface area contributed by atoms with Gasteiger partial charge in [0.05, 0.1) is 11.6 Å². The summed E-state index contributed by atoms with van der Waals surface area (Å²) in [5.74, 6) is -0.125. The van der Waals surface area contributed by atoms with Gasteiger partial charge in [-0.1, -0.05) is 13.0 Å². The van der Waals surface area contributed by atoms with Gasteiger partial charge in [-0.25, -0.2) is 4.39 Å². The lowest BCUT2D eigenvalue weighted by Gasteiger charge is -2.35. The Labute approximate surface area is 115 Å². The van der Waals surface area contributed by atoms with Crippen molar-refractivity contribution in [2.24, 2.45) is 0 Å². The van der Waals surface area contributed by atoms with Gasteiger partial charge in [-0.3, -0.25) is 0 Å². The summed E-state index contributed by atoms with van der Waals surface area (Å²) in [5, 5.41) is 3.42. The van der Waals surface area contributed by atoms with E-state index in [1.807, 2.05) is 26.8 Å². The number of aryl methyl sites for hydroxylation is 2. The Morgan fingerprint density at radius 3 is 2.68 bits per heavy atom. The first-order valence-electron chi connectivity index (χ1n) is 7.12. The normalized spacial score (nSPS) is 24.7. The second-order valence-corrected chi connectivity index (χ2v) is 5.73. The van der Waals surface area contributed by atoms with Crippen molar-refractivity contribution in [3.63, 3.8) is 0 Å². The van der Waals surface area contributed by atoms with Crippen molar-refractivity contribution in [2.45, 2.75) is 52.2 Å². The molecule has 1 saturated heterocycles. The van der Waals surface area contributed by atoms with Crippen LogP contribution < -0.4 is 5.32 Å². The molecule has 0 aromatic heterocycles. The number of nitrogens with one attached hydrogen (secondary N) is 1. The highest BCUT2D eigenvalue weighted by Crippen LogP contribution is 2.39. The molecule has 0 aliphatic carbocycles. The van der Waals surface area contributed by atoms with Crippen LogP contribution in [0.4, 0.5) is 4.39 Å². The summed E-state index contributed by atoms with van der Waals surface area (Å²) in [5.41, 5.74) is 2.42. The van der Waals surface area contributed by atoms with E-state index >= 15 is 0 Å². The lowest BCUT2D eigenvalue weighted by atomic mass is 9.85. The van der Waals surface area contributed by atoms with Gasteiger partial charge in [0.1, 0.15) is 5.82 Å². The molecule has 1 N–H and O–H groups in total. The average molecular weight is 265 g/mol. The number of hydrogen-bond donors (Lipinski definition) is 1. The molecule has 0 spiro atoms. The highest BCUT2D eigenvalue weighted by Gasteiger charge is 2.40. The molecular formula is C16H24FNO. The van der Waals surface area contributed by atoms with Gasteiger partial charge < -0.3 is 10.1 Å². The minimum absolute atomic E-state index is 0.0828. The van der Waals surface area contributed by atoms with E-state index < -0.39 is 0 Å². The molecule has 0 radical (unpaired) electrons. The number of rotatable bonds is 4. The van der Waals surface area contributed by atoms with Crippen LogP contribution in [0.5, 0.6) is 0 Å². The van der Waals surface area contributed by atoms with Gasteiger partial charge in [-0.15, -0.1) is 0 Å². The van der Waals surface area contributed by atoms with E-state index in [2.05, 4.69) is 12.2 Å². The Bertz CT molecular complexity index is 429. The molecule has 3 heteroatoms. The average Bonchev–Trinajstić information content (AvgIpc) is 2.75. The first-order chi connectivity index (χ1) is 8.98. The molecule has 106 valence electrons. The van der Waals surface area contributed by atoms with Crippen LogP contribution >= 0.6 is 0 Å². The molecule has 1 aliphatic rings. The van der Waals surface area contributed by atoms with E-state index in [-0.39, 0.29) is 17.5 Å². The summed E-state index contributed by atoms with van der Waals surface area (Å²) in [6.07, 6.45) is 2.02. The minimum atomic E-state index is -0.309. The van der Waals surface area contributed by atoms with E-state index in [1.165, 1.54) is 0 Å². The number of likely N-dealkylation sites (N-methyl/N-ethyl adjacent to an activating group) is 1. The van der Waals surface area contributed by atoms with Crippen molar-refractivity contribution in [2.75, 3.05) is 13.2 Å². The first-order valence-corrected chi connectivity index (χ1v) is 7.12. The first kappa shape index (κ1) is 14.5. The van der Waals surface area contributed by atoms with Gasteiger partial charge in [0.15, 0.2) is 0 Å². The van der Waals surface area contributed by atoms with Crippen molar-refractivity contribution in [3.05, 3.63) is 34.6 Å². The zero-order valence-corrected chi connectivity index (χ0v) is 12.3. The van der Waals surface area contributed by atoms with Gasteiger partial charge in [0.2, 0.25) is 0 Å². The van der Waals surface area contributed by atoms with Crippen LogP contribution in [0.3, 0.4) is 0 Å². The summed E-state index contributed by atoms with van der Waals surface area (Å²) in [7, 11) is 0. The molecule has 1 aromatic rings. The SMILES string of the molecule is CCNC(c1c(C)cc(C)cc1F)C1(C)CCCO1. The fourth-order valence-electron chi connectivity index (χ4n) is 3.15. The lowest BCUT2D eigenvalue weighted by molar-refractivity contribution is -0.0132. The Morgan fingerprint density at radius 2 is 2.16 bits per heavy atom. The molecule has 2 rings (SSSR count). The third-order valence-corrected chi connectivity index (χ3v) is 4.04. The fourth-order valence-corrected chi connectivity index (χ4v) is 3.15. The number of ether oxygens (including phenoxy) is 1. The molecule has 1 fully saturated rings. The zero-order valence-electron chi connectivity index (χ0n) is 12.3. The molecule has 0 bridgehead atoms. The maximum Gasteiger partial charge on any atom is 0.128 e. The van der Waals surface area contributed by atoms with Gasteiger partial charge in [-0.05, 0) is 57.4 Å². The Hall–Kier alpha value is -0.930. The quantitative estimate of drug-likeness (QED) is 0.897. The molecule has 0 saturated carbocycles. The summed E-state index contributed by atoms with van der Waals surface area (Å²) in [4.78, 5) is 0. The summed E-state index contributed by atoms with van der Waals surface area (Å²) < 4.78 is 20.3. The van der Waals surface area contributed by atoms with Crippen molar-refractivity contribution in [1.29, 1.82) is 0 Å². The second kappa shape index (κ2) is 5.59. The van der Waals surface area contributed by atoms with Crippen LogP contribution in [0.25, 0.3) is 0 Å². The number of hydrogen-bond acceptors (Lipinski definition) is 2. The predicted molar refractivity (Wildman–Crippen MR) is 75.9 cm³/mol. The van der Waals surface area contributed by atoms with Crippen molar-refractivity contribution in [3.8, 4) is 0 Å². The molecule has 19 heavy (non-hydrogen) atoms. The summed E-state index contributed by atoms with van der Waals surface area (Å²) in [6, 6.07) is 3.58. The predicted octanol–water partition coefficient (Wildman–Crippen LogP) is 3.66. The third kappa shape index (κ3) is 2.82. The Morgan fingerprint density at radius 1 is 1.42 bits per heavy atom. The van der Waals surface area contributed by atoms with Crippen LogP contribution in [0.1, 0.15) is 49.4 Å². The van der Waals surface area contributed by atoms with Crippen molar-refractivity contribution < 1.29 is 9.13 Å². The van der Waals surface area contributed by atoms with E-state index in [4.69, 9.17) is 4.74 Å². The number of benzene rings is 1. The molecule has 1 aliphatic heterocycles. The van der Waals surface area contributed by atoms with Crippen LogP contribution in [0, 0.1) is 19.7 Å².